The minimum Gasteiger partial charge on any atom is -0.452 e. The van der Waals surface area contributed by atoms with Crippen molar-refractivity contribution in [3.8, 4) is 0 Å². The molecule has 1 aliphatic rings. The van der Waals surface area contributed by atoms with Crippen LogP contribution in [0.2, 0.25) is 0 Å². The molecule has 0 fully saturated rings. The molecule has 1 rings (SSSR count). The fraction of sp³-hybridized carbons (Fsp3) is 0.444. The normalized spacial score (nSPS) is 15.8. The van der Waals surface area contributed by atoms with Gasteiger partial charge in [-0.1, -0.05) is 13.0 Å². The van der Waals surface area contributed by atoms with Crippen LogP contribution in [-0.2, 0) is 4.74 Å². The maximum absolute atomic E-state index is 11.0. The number of hydrogen-bond acceptors (Lipinski definition) is 2. The second-order valence-electron chi connectivity index (χ2n) is 2.57. The lowest BCUT2D eigenvalue weighted by atomic mass is 10.1. The zero-order valence-electron chi connectivity index (χ0n) is 7.41. The molecule has 3 nitrogen and oxygen atoms in total. The molecule has 3 heteroatoms. The van der Waals surface area contributed by atoms with E-state index in [4.69, 9.17) is 0 Å². The van der Waals surface area contributed by atoms with Crippen molar-refractivity contribution < 1.29 is 9.53 Å². The number of carbonyl (C=O) groups excluding carboxylic acids is 1. The fourth-order valence-electron chi connectivity index (χ4n) is 1.05. The first-order valence-electron chi connectivity index (χ1n) is 3.99. The number of rotatable bonds is 1. The Morgan fingerprint density at radius 3 is 2.92 bits per heavy atom. The fourth-order valence-corrected chi connectivity index (χ4v) is 1.05. The van der Waals surface area contributed by atoms with Gasteiger partial charge in [-0.05, 0) is 18.1 Å². The van der Waals surface area contributed by atoms with E-state index in [2.05, 4.69) is 11.7 Å². The Morgan fingerprint density at radius 1 is 1.75 bits per heavy atom. The van der Waals surface area contributed by atoms with E-state index in [1.54, 1.807) is 6.20 Å². The molecule has 0 spiro atoms. The minimum atomic E-state index is -0.308. The van der Waals surface area contributed by atoms with Gasteiger partial charge in [0, 0.05) is 12.7 Å². The van der Waals surface area contributed by atoms with Crippen molar-refractivity contribution in [2.45, 2.75) is 13.3 Å². The van der Waals surface area contributed by atoms with Crippen LogP contribution in [0.25, 0.3) is 0 Å². The van der Waals surface area contributed by atoms with E-state index >= 15 is 0 Å². The highest BCUT2D eigenvalue weighted by molar-refractivity contribution is 5.69. The van der Waals surface area contributed by atoms with Crippen molar-refractivity contribution in [1.82, 2.24) is 4.90 Å². The number of carbonyl (C=O) groups is 1. The van der Waals surface area contributed by atoms with Gasteiger partial charge in [-0.2, -0.15) is 0 Å². The quantitative estimate of drug-likeness (QED) is 0.597. The van der Waals surface area contributed by atoms with Crippen molar-refractivity contribution in [1.29, 1.82) is 0 Å². The summed E-state index contributed by atoms with van der Waals surface area (Å²) in [5.74, 6) is 0. The number of allylic oxidation sites excluding steroid dienone is 2. The minimum absolute atomic E-state index is 0.308. The molecule has 0 aromatic heterocycles. The first-order valence-corrected chi connectivity index (χ1v) is 3.99. The van der Waals surface area contributed by atoms with Gasteiger partial charge in [0.05, 0.1) is 7.11 Å². The molecule has 0 aliphatic carbocycles. The number of amides is 1. The predicted molar refractivity (Wildman–Crippen MR) is 46.6 cm³/mol. The van der Waals surface area contributed by atoms with E-state index in [1.807, 2.05) is 12.2 Å². The van der Waals surface area contributed by atoms with Crippen molar-refractivity contribution in [3.05, 3.63) is 23.9 Å². The SMILES string of the molecule is CCC1=CCN(C(=O)OC)C=C1. The molecule has 0 N–H and O–H groups in total. The third-order valence-corrected chi connectivity index (χ3v) is 1.84. The third-order valence-electron chi connectivity index (χ3n) is 1.84. The molecular weight excluding hydrogens is 154 g/mol. The standard InChI is InChI=1S/C9H13NO2/c1-3-8-4-6-10(7-5-8)9(11)12-2/h4-6H,3,7H2,1-2H3. The largest absolute Gasteiger partial charge is 0.452 e. The van der Waals surface area contributed by atoms with E-state index in [-0.39, 0.29) is 6.09 Å². The third kappa shape index (κ3) is 1.87. The second kappa shape index (κ2) is 3.95. The molecule has 0 aromatic carbocycles. The maximum atomic E-state index is 11.0. The lowest BCUT2D eigenvalue weighted by Gasteiger charge is -2.18. The Kier molecular flexibility index (Phi) is 2.91. The highest BCUT2D eigenvalue weighted by Crippen LogP contribution is 2.10. The van der Waals surface area contributed by atoms with Crippen LogP contribution < -0.4 is 0 Å². The molecule has 0 atom stereocenters. The van der Waals surface area contributed by atoms with Gasteiger partial charge < -0.3 is 4.74 Å². The molecule has 0 radical (unpaired) electrons. The highest BCUT2D eigenvalue weighted by atomic mass is 16.5. The molecule has 1 aliphatic heterocycles. The van der Waals surface area contributed by atoms with Crippen LogP contribution >= 0.6 is 0 Å². The van der Waals surface area contributed by atoms with Crippen molar-refractivity contribution in [3.63, 3.8) is 0 Å². The summed E-state index contributed by atoms with van der Waals surface area (Å²) in [6.07, 6.45) is 6.41. The maximum Gasteiger partial charge on any atom is 0.413 e. The van der Waals surface area contributed by atoms with E-state index in [1.165, 1.54) is 17.6 Å². The highest BCUT2D eigenvalue weighted by Gasteiger charge is 2.11. The summed E-state index contributed by atoms with van der Waals surface area (Å²) in [6, 6.07) is 0. The Labute approximate surface area is 72.3 Å². The topological polar surface area (TPSA) is 29.5 Å². The van der Waals surface area contributed by atoms with Gasteiger partial charge in [0.15, 0.2) is 0 Å². The zero-order valence-corrected chi connectivity index (χ0v) is 7.41. The van der Waals surface area contributed by atoms with E-state index < -0.39 is 0 Å². The molecule has 0 aromatic rings. The van der Waals surface area contributed by atoms with Crippen LogP contribution in [0, 0.1) is 0 Å². The van der Waals surface area contributed by atoms with Gasteiger partial charge >= 0.3 is 6.09 Å². The van der Waals surface area contributed by atoms with Crippen molar-refractivity contribution >= 4 is 6.09 Å². The Bertz CT molecular complexity index is 231. The van der Waals surface area contributed by atoms with Gasteiger partial charge in [-0.15, -0.1) is 0 Å². The summed E-state index contributed by atoms with van der Waals surface area (Å²) in [5.41, 5.74) is 1.26. The number of methoxy groups -OCH3 is 1. The molecule has 0 saturated carbocycles. The van der Waals surface area contributed by atoms with Crippen LogP contribution in [0.15, 0.2) is 23.9 Å². The molecule has 0 unspecified atom stereocenters. The van der Waals surface area contributed by atoms with Crippen molar-refractivity contribution in [2.24, 2.45) is 0 Å². The van der Waals surface area contributed by atoms with E-state index in [9.17, 15) is 4.79 Å². The monoisotopic (exact) mass is 167 g/mol. The first-order chi connectivity index (χ1) is 5.77. The Morgan fingerprint density at radius 2 is 2.50 bits per heavy atom. The van der Waals surface area contributed by atoms with Gasteiger partial charge in [-0.25, -0.2) is 4.79 Å². The van der Waals surface area contributed by atoms with E-state index in [0.29, 0.717) is 6.54 Å². The molecule has 0 saturated heterocycles. The van der Waals surface area contributed by atoms with Gasteiger partial charge in [-0.3, -0.25) is 4.90 Å². The first kappa shape index (κ1) is 8.84. The molecule has 0 bridgehead atoms. The smallest absolute Gasteiger partial charge is 0.413 e. The number of ether oxygens (including phenoxy) is 1. The van der Waals surface area contributed by atoms with Gasteiger partial charge in [0.2, 0.25) is 0 Å². The molecule has 66 valence electrons. The van der Waals surface area contributed by atoms with Crippen LogP contribution in [0.5, 0.6) is 0 Å². The molecule has 12 heavy (non-hydrogen) atoms. The Hall–Kier alpha value is -1.25. The van der Waals surface area contributed by atoms with Crippen LogP contribution in [-0.4, -0.2) is 24.6 Å². The lowest BCUT2D eigenvalue weighted by Crippen LogP contribution is -2.27. The van der Waals surface area contributed by atoms with E-state index in [0.717, 1.165) is 6.42 Å². The van der Waals surface area contributed by atoms with Crippen molar-refractivity contribution in [2.75, 3.05) is 13.7 Å². The number of hydrogen-bond donors (Lipinski definition) is 0. The average Bonchev–Trinajstić information content (AvgIpc) is 2.17. The molecule has 1 amide bonds. The summed E-state index contributed by atoms with van der Waals surface area (Å²) in [6.45, 7) is 2.70. The summed E-state index contributed by atoms with van der Waals surface area (Å²) in [5, 5.41) is 0. The van der Waals surface area contributed by atoms with Gasteiger partial charge in [0.1, 0.15) is 0 Å². The average molecular weight is 167 g/mol. The summed E-state index contributed by atoms with van der Waals surface area (Å²) in [4.78, 5) is 12.5. The van der Waals surface area contributed by atoms with Crippen LogP contribution in [0.4, 0.5) is 4.79 Å². The van der Waals surface area contributed by atoms with Crippen LogP contribution in [0.3, 0.4) is 0 Å². The second-order valence-corrected chi connectivity index (χ2v) is 2.57. The Balaban J connectivity index is 2.53. The summed E-state index contributed by atoms with van der Waals surface area (Å²) in [7, 11) is 1.38. The predicted octanol–water partition coefficient (Wildman–Crippen LogP) is 1.92. The molecule has 1 heterocycles. The zero-order chi connectivity index (χ0) is 8.97. The number of nitrogens with zero attached hydrogens (tertiary/aromatic N) is 1. The molecular formula is C9H13NO2. The van der Waals surface area contributed by atoms with Crippen LogP contribution in [0.1, 0.15) is 13.3 Å². The van der Waals surface area contributed by atoms with Gasteiger partial charge in [0.25, 0.3) is 0 Å². The summed E-state index contributed by atoms with van der Waals surface area (Å²) >= 11 is 0. The lowest BCUT2D eigenvalue weighted by molar-refractivity contribution is 0.143. The summed E-state index contributed by atoms with van der Waals surface area (Å²) < 4.78 is 4.57.